The molecule has 110 valence electrons. The molecular formula is C16H24N2O2. The van der Waals surface area contributed by atoms with Gasteiger partial charge in [-0.25, -0.2) is 0 Å². The fourth-order valence-electron chi connectivity index (χ4n) is 3.44. The van der Waals surface area contributed by atoms with Crippen molar-refractivity contribution in [3.8, 4) is 0 Å². The summed E-state index contributed by atoms with van der Waals surface area (Å²) < 4.78 is 11.7. The van der Waals surface area contributed by atoms with Gasteiger partial charge in [0.15, 0.2) is 0 Å². The second kappa shape index (κ2) is 6.20. The van der Waals surface area contributed by atoms with E-state index in [4.69, 9.17) is 9.47 Å². The summed E-state index contributed by atoms with van der Waals surface area (Å²) >= 11 is 0. The summed E-state index contributed by atoms with van der Waals surface area (Å²) in [5.74, 6) is 0.751. The van der Waals surface area contributed by atoms with Gasteiger partial charge in [-0.3, -0.25) is 4.98 Å². The SMILES string of the molecule is CN1CC2(C[C@@H](CCOCc3ccccn3)CCO2)C1. The molecule has 0 N–H and O–H groups in total. The van der Waals surface area contributed by atoms with Crippen LogP contribution in [0.25, 0.3) is 0 Å². The fraction of sp³-hybridized carbons (Fsp3) is 0.688. The van der Waals surface area contributed by atoms with E-state index in [1.54, 1.807) is 0 Å². The molecule has 4 nitrogen and oxygen atoms in total. The predicted octanol–water partition coefficient (Wildman–Crippen LogP) is 2.10. The topological polar surface area (TPSA) is 34.6 Å². The first-order chi connectivity index (χ1) is 9.76. The van der Waals surface area contributed by atoms with Crippen molar-refractivity contribution in [3.63, 3.8) is 0 Å². The number of hydrogen-bond donors (Lipinski definition) is 0. The number of ether oxygens (including phenoxy) is 2. The fourth-order valence-corrected chi connectivity index (χ4v) is 3.44. The van der Waals surface area contributed by atoms with E-state index in [0.717, 1.165) is 44.3 Å². The monoisotopic (exact) mass is 276 g/mol. The summed E-state index contributed by atoms with van der Waals surface area (Å²) in [5.41, 5.74) is 1.18. The van der Waals surface area contributed by atoms with Crippen molar-refractivity contribution in [3.05, 3.63) is 30.1 Å². The lowest BCUT2D eigenvalue weighted by molar-refractivity contribution is -0.173. The molecule has 2 aliphatic heterocycles. The summed E-state index contributed by atoms with van der Waals surface area (Å²) in [6.45, 7) is 4.56. The molecule has 2 aliphatic rings. The quantitative estimate of drug-likeness (QED) is 0.771. The molecule has 0 aliphatic carbocycles. The first-order valence-electron chi connectivity index (χ1n) is 7.56. The number of aromatic nitrogens is 1. The van der Waals surface area contributed by atoms with Gasteiger partial charge in [-0.1, -0.05) is 6.07 Å². The minimum Gasteiger partial charge on any atom is -0.375 e. The van der Waals surface area contributed by atoms with Crippen LogP contribution in [0, 0.1) is 5.92 Å². The van der Waals surface area contributed by atoms with Crippen molar-refractivity contribution >= 4 is 0 Å². The van der Waals surface area contributed by atoms with Crippen LogP contribution in [0.1, 0.15) is 25.0 Å². The van der Waals surface area contributed by atoms with E-state index in [0.29, 0.717) is 6.61 Å². The maximum absolute atomic E-state index is 5.99. The van der Waals surface area contributed by atoms with Crippen LogP contribution in [0.2, 0.25) is 0 Å². The molecule has 0 unspecified atom stereocenters. The molecule has 0 saturated carbocycles. The molecule has 1 aromatic heterocycles. The van der Waals surface area contributed by atoms with E-state index in [1.165, 1.54) is 12.8 Å². The Balaban J connectivity index is 1.36. The Morgan fingerprint density at radius 2 is 2.35 bits per heavy atom. The molecule has 0 amide bonds. The van der Waals surface area contributed by atoms with E-state index >= 15 is 0 Å². The molecule has 4 heteroatoms. The van der Waals surface area contributed by atoms with Crippen molar-refractivity contribution in [2.24, 2.45) is 5.92 Å². The Morgan fingerprint density at radius 3 is 3.10 bits per heavy atom. The van der Waals surface area contributed by atoms with Gasteiger partial charge in [-0.05, 0) is 44.4 Å². The standard InChI is InChI=1S/C16H24N2O2/c1-18-12-16(13-18)10-14(6-9-20-16)5-8-19-11-15-4-2-3-7-17-15/h2-4,7,14H,5-6,8-13H2,1H3/t14-/m0/s1. The number of likely N-dealkylation sites (N-methyl/N-ethyl adjacent to an activating group) is 1. The highest BCUT2D eigenvalue weighted by molar-refractivity contribution is 5.02. The molecule has 2 fully saturated rings. The van der Waals surface area contributed by atoms with Crippen LogP contribution in [-0.2, 0) is 16.1 Å². The molecule has 20 heavy (non-hydrogen) atoms. The first kappa shape index (κ1) is 14.0. The maximum atomic E-state index is 5.99. The lowest BCUT2D eigenvalue weighted by Crippen LogP contribution is -2.63. The van der Waals surface area contributed by atoms with Crippen LogP contribution in [0.4, 0.5) is 0 Å². The van der Waals surface area contributed by atoms with Crippen molar-refractivity contribution in [1.82, 2.24) is 9.88 Å². The number of rotatable bonds is 5. The van der Waals surface area contributed by atoms with E-state index in [-0.39, 0.29) is 5.60 Å². The first-order valence-corrected chi connectivity index (χ1v) is 7.56. The summed E-state index contributed by atoms with van der Waals surface area (Å²) in [5, 5.41) is 0. The third-order valence-corrected chi connectivity index (χ3v) is 4.36. The largest absolute Gasteiger partial charge is 0.375 e. The minimum atomic E-state index is 0.165. The lowest BCUT2D eigenvalue weighted by Gasteiger charge is -2.52. The summed E-state index contributed by atoms with van der Waals surface area (Å²) in [6, 6.07) is 5.94. The molecule has 1 aromatic rings. The Bertz CT molecular complexity index is 412. The number of likely N-dealkylation sites (tertiary alicyclic amines) is 1. The summed E-state index contributed by atoms with van der Waals surface area (Å²) in [7, 11) is 2.16. The van der Waals surface area contributed by atoms with Crippen LogP contribution in [0.3, 0.4) is 0 Å². The van der Waals surface area contributed by atoms with E-state index in [9.17, 15) is 0 Å². The maximum Gasteiger partial charge on any atom is 0.0937 e. The molecule has 1 spiro atoms. The molecule has 2 saturated heterocycles. The van der Waals surface area contributed by atoms with Crippen LogP contribution in [0.5, 0.6) is 0 Å². The van der Waals surface area contributed by atoms with Gasteiger partial charge in [0.25, 0.3) is 0 Å². The zero-order chi connectivity index (χ0) is 13.8. The van der Waals surface area contributed by atoms with Crippen molar-refractivity contribution in [2.45, 2.75) is 31.5 Å². The van der Waals surface area contributed by atoms with Gasteiger partial charge in [0.05, 0.1) is 17.9 Å². The highest BCUT2D eigenvalue weighted by atomic mass is 16.5. The van der Waals surface area contributed by atoms with Gasteiger partial charge < -0.3 is 14.4 Å². The van der Waals surface area contributed by atoms with Crippen LogP contribution in [0.15, 0.2) is 24.4 Å². The molecule has 1 atom stereocenters. The normalized spacial score (nSPS) is 25.6. The Hall–Kier alpha value is -0.970. The molecule has 0 aromatic carbocycles. The van der Waals surface area contributed by atoms with Crippen molar-refractivity contribution < 1.29 is 9.47 Å². The van der Waals surface area contributed by atoms with Gasteiger partial charge in [-0.2, -0.15) is 0 Å². The Morgan fingerprint density at radius 1 is 1.45 bits per heavy atom. The smallest absolute Gasteiger partial charge is 0.0937 e. The molecule has 0 radical (unpaired) electrons. The van der Waals surface area contributed by atoms with Gasteiger partial charge in [0.2, 0.25) is 0 Å². The van der Waals surface area contributed by atoms with Crippen LogP contribution in [-0.4, -0.2) is 48.8 Å². The third kappa shape index (κ3) is 3.37. The minimum absolute atomic E-state index is 0.165. The van der Waals surface area contributed by atoms with Gasteiger partial charge in [0.1, 0.15) is 0 Å². The average molecular weight is 276 g/mol. The second-order valence-electron chi connectivity index (χ2n) is 6.22. The van der Waals surface area contributed by atoms with E-state index < -0.39 is 0 Å². The number of nitrogens with zero attached hydrogens (tertiary/aromatic N) is 2. The molecule has 3 heterocycles. The summed E-state index contributed by atoms with van der Waals surface area (Å²) in [4.78, 5) is 6.60. The number of pyridine rings is 1. The Labute approximate surface area is 121 Å². The van der Waals surface area contributed by atoms with Crippen LogP contribution >= 0.6 is 0 Å². The van der Waals surface area contributed by atoms with Gasteiger partial charge in [-0.15, -0.1) is 0 Å². The third-order valence-electron chi connectivity index (χ3n) is 4.36. The number of hydrogen-bond acceptors (Lipinski definition) is 4. The second-order valence-corrected chi connectivity index (χ2v) is 6.22. The van der Waals surface area contributed by atoms with Gasteiger partial charge >= 0.3 is 0 Å². The van der Waals surface area contributed by atoms with E-state index in [2.05, 4.69) is 16.9 Å². The highest BCUT2D eigenvalue weighted by Crippen LogP contribution is 2.37. The van der Waals surface area contributed by atoms with Gasteiger partial charge in [0, 0.05) is 32.5 Å². The Kier molecular flexibility index (Phi) is 4.34. The van der Waals surface area contributed by atoms with E-state index in [1.807, 2.05) is 24.4 Å². The molecule has 0 bridgehead atoms. The average Bonchev–Trinajstić information content (AvgIpc) is 2.44. The lowest BCUT2D eigenvalue weighted by atomic mass is 9.79. The predicted molar refractivity (Wildman–Crippen MR) is 77.4 cm³/mol. The zero-order valence-corrected chi connectivity index (χ0v) is 12.3. The highest BCUT2D eigenvalue weighted by Gasteiger charge is 2.45. The summed E-state index contributed by atoms with van der Waals surface area (Å²) in [6.07, 6.45) is 5.33. The molecular weight excluding hydrogens is 252 g/mol. The molecule has 3 rings (SSSR count). The van der Waals surface area contributed by atoms with Crippen LogP contribution < -0.4 is 0 Å². The van der Waals surface area contributed by atoms with Crippen molar-refractivity contribution in [2.75, 3.05) is 33.4 Å². The zero-order valence-electron chi connectivity index (χ0n) is 12.3. The van der Waals surface area contributed by atoms with Crippen molar-refractivity contribution in [1.29, 1.82) is 0 Å².